The molecule has 0 aliphatic carbocycles. The number of amides is 3. The first-order chi connectivity index (χ1) is 14.0. The van der Waals surface area contributed by atoms with Gasteiger partial charge in [0, 0.05) is 12.1 Å². The van der Waals surface area contributed by atoms with Gasteiger partial charge >= 0.3 is 6.03 Å². The highest BCUT2D eigenvalue weighted by Crippen LogP contribution is 2.28. The number of ether oxygens (including phenoxy) is 1. The van der Waals surface area contributed by atoms with Gasteiger partial charge in [-0.25, -0.2) is 4.79 Å². The second-order valence-electron chi connectivity index (χ2n) is 6.75. The maximum absolute atomic E-state index is 12.8. The van der Waals surface area contributed by atoms with Crippen molar-refractivity contribution in [2.45, 2.75) is 46.1 Å². The Kier molecular flexibility index (Phi) is 8.85. The van der Waals surface area contributed by atoms with Crippen molar-refractivity contribution in [3.05, 3.63) is 24.3 Å². The predicted octanol–water partition coefficient (Wildman–Crippen LogP) is 3.67. The monoisotopic (exact) mass is 419 g/mol. The van der Waals surface area contributed by atoms with E-state index in [-0.39, 0.29) is 17.9 Å². The van der Waals surface area contributed by atoms with E-state index in [2.05, 4.69) is 33.1 Å². The van der Waals surface area contributed by atoms with E-state index in [1.807, 2.05) is 38.1 Å². The maximum Gasteiger partial charge on any atom is 0.315 e. The fraction of sp³-hybridized carbons (Fsp3) is 0.500. The summed E-state index contributed by atoms with van der Waals surface area (Å²) in [6.07, 6.45) is 2.64. The molecule has 29 heavy (non-hydrogen) atoms. The summed E-state index contributed by atoms with van der Waals surface area (Å²) >= 11 is 1.28. The van der Waals surface area contributed by atoms with Gasteiger partial charge < -0.3 is 15.4 Å². The van der Waals surface area contributed by atoms with Gasteiger partial charge in [0.1, 0.15) is 16.8 Å². The Labute approximate surface area is 175 Å². The molecular formula is C20H29N5O3S. The topological polar surface area (TPSA) is 105 Å². The molecule has 1 heterocycles. The minimum absolute atomic E-state index is 0.0269. The van der Waals surface area contributed by atoms with Crippen LogP contribution in [0.15, 0.2) is 24.3 Å². The third-order valence-electron chi connectivity index (χ3n) is 4.59. The van der Waals surface area contributed by atoms with Crippen molar-refractivity contribution >= 4 is 28.4 Å². The van der Waals surface area contributed by atoms with Crippen molar-refractivity contribution in [1.29, 1.82) is 0 Å². The van der Waals surface area contributed by atoms with Crippen molar-refractivity contribution in [1.82, 2.24) is 20.8 Å². The number of hydrogen-bond donors (Lipinski definition) is 3. The largest absolute Gasteiger partial charge is 0.497 e. The minimum atomic E-state index is -0.657. The quantitative estimate of drug-likeness (QED) is 0.510. The molecule has 0 saturated carbocycles. The highest BCUT2D eigenvalue weighted by molar-refractivity contribution is 7.18. The molecule has 2 aromatic rings. The summed E-state index contributed by atoms with van der Waals surface area (Å²) in [5.74, 6) is 0.426. The normalized spacial score (nSPS) is 12.7. The number of nitrogens with one attached hydrogen (secondary N) is 3. The van der Waals surface area contributed by atoms with E-state index in [9.17, 15) is 9.59 Å². The van der Waals surface area contributed by atoms with Crippen LogP contribution in [0.5, 0.6) is 5.75 Å². The van der Waals surface area contributed by atoms with Crippen LogP contribution in [0, 0.1) is 5.92 Å². The Bertz CT molecular complexity index is 794. The molecule has 0 aliphatic rings. The Balaban J connectivity index is 2.02. The molecule has 0 saturated heterocycles. The Morgan fingerprint density at radius 2 is 1.90 bits per heavy atom. The van der Waals surface area contributed by atoms with Gasteiger partial charge in [0.15, 0.2) is 0 Å². The van der Waals surface area contributed by atoms with E-state index < -0.39 is 6.04 Å². The molecule has 1 aromatic heterocycles. The third kappa shape index (κ3) is 6.70. The molecule has 0 spiro atoms. The lowest BCUT2D eigenvalue weighted by Gasteiger charge is -2.23. The molecule has 2 rings (SSSR count). The lowest BCUT2D eigenvalue weighted by Crippen LogP contribution is -2.51. The smallest absolute Gasteiger partial charge is 0.315 e. The fourth-order valence-electron chi connectivity index (χ4n) is 2.58. The standard InChI is InChI=1S/C20H29N5O3S/c1-5-7-12-21-19(27)22-16(13(3)6-2)17(26)23-20-25-24-18(29-20)14-8-10-15(28-4)11-9-14/h8-11,13,16H,5-7,12H2,1-4H3,(H2,21,22,27)(H,23,25,26)/t13-,16-/m0/s1. The number of nitrogens with zero attached hydrogens (tertiary/aromatic N) is 2. The Morgan fingerprint density at radius 1 is 1.17 bits per heavy atom. The summed E-state index contributed by atoms with van der Waals surface area (Å²) < 4.78 is 5.16. The second kappa shape index (κ2) is 11.4. The van der Waals surface area contributed by atoms with E-state index in [1.54, 1.807) is 7.11 Å². The molecule has 3 amide bonds. The Morgan fingerprint density at radius 3 is 2.52 bits per heavy atom. The second-order valence-corrected chi connectivity index (χ2v) is 7.72. The third-order valence-corrected chi connectivity index (χ3v) is 5.48. The highest BCUT2D eigenvalue weighted by Gasteiger charge is 2.26. The lowest BCUT2D eigenvalue weighted by atomic mass is 9.98. The molecule has 9 heteroatoms. The van der Waals surface area contributed by atoms with Crippen LogP contribution < -0.4 is 20.7 Å². The van der Waals surface area contributed by atoms with E-state index in [0.717, 1.165) is 30.6 Å². The zero-order valence-corrected chi connectivity index (χ0v) is 18.1. The van der Waals surface area contributed by atoms with Gasteiger partial charge in [-0.15, -0.1) is 10.2 Å². The molecule has 3 N–H and O–H groups in total. The molecule has 0 aliphatic heterocycles. The summed E-state index contributed by atoms with van der Waals surface area (Å²) in [6.45, 7) is 6.55. The fourth-order valence-corrected chi connectivity index (χ4v) is 3.33. The van der Waals surface area contributed by atoms with Crippen molar-refractivity contribution < 1.29 is 14.3 Å². The van der Waals surface area contributed by atoms with Crippen LogP contribution in [-0.2, 0) is 4.79 Å². The van der Waals surface area contributed by atoms with Gasteiger partial charge in [-0.2, -0.15) is 0 Å². The molecule has 1 aromatic carbocycles. The van der Waals surface area contributed by atoms with Crippen LogP contribution in [0.2, 0.25) is 0 Å². The van der Waals surface area contributed by atoms with Gasteiger partial charge in [0.2, 0.25) is 11.0 Å². The molecule has 0 bridgehead atoms. The number of carbonyl (C=O) groups is 2. The number of rotatable bonds is 10. The van der Waals surface area contributed by atoms with E-state index in [4.69, 9.17) is 4.74 Å². The summed E-state index contributed by atoms with van der Waals surface area (Å²) in [7, 11) is 1.61. The lowest BCUT2D eigenvalue weighted by molar-refractivity contribution is -0.119. The average Bonchev–Trinajstić information content (AvgIpc) is 3.20. The van der Waals surface area contributed by atoms with Crippen molar-refractivity contribution in [3.63, 3.8) is 0 Å². The molecular weight excluding hydrogens is 390 g/mol. The van der Waals surface area contributed by atoms with Crippen molar-refractivity contribution in [2.24, 2.45) is 5.92 Å². The van der Waals surface area contributed by atoms with Crippen LogP contribution in [0.25, 0.3) is 10.6 Å². The number of methoxy groups -OCH3 is 1. The Hall–Kier alpha value is -2.68. The molecule has 8 nitrogen and oxygen atoms in total. The van der Waals surface area contributed by atoms with Crippen LogP contribution in [0.3, 0.4) is 0 Å². The molecule has 0 radical (unpaired) electrons. The number of urea groups is 1. The molecule has 158 valence electrons. The number of aromatic nitrogens is 2. The number of carbonyl (C=O) groups excluding carboxylic acids is 2. The SMILES string of the molecule is CCCCNC(=O)N[C@H](C(=O)Nc1nnc(-c2ccc(OC)cc2)s1)[C@@H](C)CC. The summed E-state index contributed by atoms with van der Waals surface area (Å²) in [6, 6.07) is 6.46. The van der Waals surface area contributed by atoms with Gasteiger partial charge in [0.05, 0.1) is 7.11 Å². The minimum Gasteiger partial charge on any atom is -0.497 e. The first-order valence-electron chi connectivity index (χ1n) is 9.81. The summed E-state index contributed by atoms with van der Waals surface area (Å²) in [5.41, 5.74) is 0.885. The van der Waals surface area contributed by atoms with E-state index in [1.165, 1.54) is 11.3 Å². The van der Waals surface area contributed by atoms with E-state index in [0.29, 0.717) is 16.7 Å². The van der Waals surface area contributed by atoms with Crippen LogP contribution >= 0.6 is 11.3 Å². The molecule has 2 atom stereocenters. The first kappa shape index (κ1) is 22.6. The number of benzene rings is 1. The number of unbranched alkanes of at least 4 members (excludes halogenated alkanes) is 1. The number of hydrogen-bond acceptors (Lipinski definition) is 6. The summed E-state index contributed by atoms with van der Waals surface area (Å²) in [4.78, 5) is 24.9. The zero-order valence-electron chi connectivity index (χ0n) is 17.3. The van der Waals surface area contributed by atoms with Gasteiger partial charge in [0.25, 0.3) is 0 Å². The van der Waals surface area contributed by atoms with Crippen LogP contribution in [0.1, 0.15) is 40.0 Å². The van der Waals surface area contributed by atoms with Gasteiger partial charge in [-0.3, -0.25) is 10.1 Å². The zero-order chi connectivity index (χ0) is 21.2. The highest BCUT2D eigenvalue weighted by atomic mass is 32.1. The molecule has 0 unspecified atom stereocenters. The van der Waals surface area contributed by atoms with Crippen molar-refractivity contribution in [3.8, 4) is 16.3 Å². The molecule has 0 fully saturated rings. The van der Waals surface area contributed by atoms with Crippen LogP contribution in [0.4, 0.5) is 9.93 Å². The van der Waals surface area contributed by atoms with Gasteiger partial charge in [-0.05, 0) is 36.6 Å². The van der Waals surface area contributed by atoms with Crippen molar-refractivity contribution in [2.75, 3.05) is 19.0 Å². The first-order valence-corrected chi connectivity index (χ1v) is 10.6. The van der Waals surface area contributed by atoms with Crippen LogP contribution in [-0.4, -0.2) is 41.8 Å². The predicted molar refractivity (Wildman–Crippen MR) is 115 cm³/mol. The summed E-state index contributed by atoms with van der Waals surface area (Å²) in [5, 5.41) is 17.6. The maximum atomic E-state index is 12.8. The van der Waals surface area contributed by atoms with Gasteiger partial charge in [-0.1, -0.05) is 44.9 Å². The number of anilines is 1. The average molecular weight is 420 g/mol. The van der Waals surface area contributed by atoms with E-state index >= 15 is 0 Å².